The Morgan fingerprint density at radius 1 is 1.26 bits per heavy atom. The Morgan fingerprint density at radius 2 is 1.96 bits per heavy atom. The molecule has 5 nitrogen and oxygen atoms in total. The van der Waals surface area contributed by atoms with Crippen LogP contribution in [0.25, 0.3) is 0 Å². The third-order valence-electron chi connectivity index (χ3n) is 5.83. The van der Waals surface area contributed by atoms with Gasteiger partial charge in [-0.25, -0.2) is 0 Å². The molecule has 2 aliphatic rings. The van der Waals surface area contributed by atoms with E-state index >= 15 is 0 Å². The smallest absolute Gasteiger partial charge is 0.222 e. The zero-order valence-corrected chi connectivity index (χ0v) is 14.6. The molecular weight excluding hydrogens is 290 g/mol. The van der Waals surface area contributed by atoms with Gasteiger partial charge in [0.2, 0.25) is 5.91 Å². The van der Waals surface area contributed by atoms with Crippen LogP contribution < -0.4 is 5.43 Å². The van der Waals surface area contributed by atoms with Crippen molar-refractivity contribution in [3.05, 3.63) is 33.2 Å². The highest BCUT2D eigenvalue weighted by Crippen LogP contribution is 2.40. The molecule has 3 atom stereocenters. The minimum atomic E-state index is 0.138. The van der Waals surface area contributed by atoms with Crippen LogP contribution in [0.1, 0.15) is 36.1 Å². The third kappa shape index (κ3) is 3.07. The number of amides is 1. The summed E-state index contributed by atoms with van der Waals surface area (Å²) in [4.78, 5) is 31.5. The van der Waals surface area contributed by atoms with Gasteiger partial charge in [-0.3, -0.25) is 14.5 Å². The van der Waals surface area contributed by atoms with Crippen LogP contribution in [0.2, 0.25) is 0 Å². The Balaban J connectivity index is 1.68. The summed E-state index contributed by atoms with van der Waals surface area (Å²) in [5.41, 5.74) is 2.73. The predicted molar refractivity (Wildman–Crippen MR) is 90.3 cm³/mol. The minimum Gasteiger partial charge on any atom is -0.363 e. The van der Waals surface area contributed by atoms with Gasteiger partial charge < -0.3 is 9.88 Å². The molecule has 23 heavy (non-hydrogen) atoms. The number of aromatic nitrogens is 1. The molecule has 1 aliphatic carbocycles. The number of pyridine rings is 1. The number of H-pyrrole nitrogens is 1. The molecular formula is C18H27N3O2. The molecule has 1 saturated heterocycles. The molecule has 1 aromatic rings. The van der Waals surface area contributed by atoms with Gasteiger partial charge in [-0.2, -0.15) is 0 Å². The van der Waals surface area contributed by atoms with Gasteiger partial charge in [0.15, 0.2) is 5.43 Å². The van der Waals surface area contributed by atoms with Gasteiger partial charge >= 0.3 is 0 Å². The average Bonchev–Trinajstić information content (AvgIpc) is 2.91. The van der Waals surface area contributed by atoms with E-state index in [4.69, 9.17) is 0 Å². The van der Waals surface area contributed by atoms with Gasteiger partial charge in [-0.15, -0.1) is 0 Å². The second-order valence-corrected chi connectivity index (χ2v) is 7.44. The number of likely N-dealkylation sites (tertiary alicyclic amines) is 1. The van der Waals surface area contributed by atoms with Crippen LogP contribution in [0.4, 0.5) is 0 Å². The highest BCUT2D eigenvalue weighted by Gasteiger charge is 2.41. The highest BCUT2D eigenvalue weighted by atomic mass is 16.2. The predicted octanol–water partition coefficient (Wildman–Crippen LogP) is 1.68. The quantitative estimate of drug-likeness (QED) is 0.923. The number of fused-ring (bicyclic) bond motifs is 1. The lowest BCUT2D eigenvalue weighted by Gasteiger charge is -2.31. The summed E-state index contributed by atoms with van der Waals surface area (Å²) in [7, 11) is 4.04. The first-order valence-electron chi connectivity index (χ1n) is 8.48. The summed E-state index contributed by atoms with van der Waals surface area (Å²) in [6.45, 7) is 5.40. The van der Waals surface area contributed by atoms with Gasteiger partial charge in [0.25, 0.3) is 0 Å². The van der Waals surface area contributed by atoms with E-state index in [1.165, 1.54) is 0 Å². The summed E-state index contributed by atoms with van der Waals surface area (Å²) < 4.78 is 0. The molecule has 3 rings (SSSR count). The fraction of sp³-hybridized carbons (Fsp3) is 0.667. The van der Waals surface area contributed by atoms with Crippen molar-refractivity contribution in [3.63, 3.8) is 0 Å². The van der Waals surface area contributed by atoms with Crippen molar-refractivity contribution in [1.82, 2.24) is 14.8 Å². The van der Waals surface area contributed by atoms with Crippen LogP contribution >= 0.6 is 0 Å². The topological polar surface area (TPSA) is 56.4 Å². The lowest BCUT2D eigenvalue weighted by Crippen LogP contribution is -2.39. The van der Waals surface area contributed by atoms with E-state index in [1.807, 2.05) is 25.8 Å². The number of nitrogens with one attached hydrogen (secondary N) is 1. The van der Waals surface area contributed by atoms with Gasteiger partial charge in [0.1, 0.15) is 0 Å². The Labute approximate surface area is 137 Å². The maximum Gasteiger partial charge on any atom is 0.222 e. The van der Waals surface area contributed by atoms with E-state index < -0.39 is 0 Å². The van der Waals surface area contributed by atoms with Crippen LogP contribution in [0, 0.1) is 25.7 Å². The van der Waals surface area contributed by atoms with E-state index in [0.29, 0.717) is 24.3 Å². The molecule has 5 heteroatoms. The Bertz CT molecular complexity index is 667. The standard InChI is InChI=1S/C18H27N3O2/c1-11-8-19-16(12(2)18(11)23)10-20(3)15-5-13-7-17(22)21(4)9-14(13)6-15/h8,13-15H,5-7,9-10H2,1-4H3,(H,19,23)/t13-,14+,15-/m1/s1. The first kappa shape index (κ1) is 16.2. The molecule has 0 unspecified atom stereocenters. The molecule has 2 heterocycles. The largest absolute Gasteiger partial charge is 0.363 e. The fourth-order valence-corrected chi connectivity index (χ4v) is 4.19. The number of hydrogen-bond acceptors (Lipinski definition) is 3. The first-order chi connectivity index (χ1) is 10.9. The Kier molecular flexibility index (Phi) is 4.32. The number of carbonyl (C=O) groups is 1. The maximum atomic E-state index is 12.1. The number of nitrogens with zero attached hydrogens (tertiary/aromatic N) is 2. The van der Waals surface area contributed by atoms with Crippen LogP contribution in [-0.2, 0) is 11.3 Å². The zero-order chi connectivity index (χ0) is 16.7. The summed E-state index contributed by atoms with van der Waals surface area (Å²) >= 11 is 0. The number of piperidine rings is 1. The number of rotatable bonds is 3. The lowest BCUT2D eigenvalue weighted by atomic mass is 9.88. The van der Waals surface area contributed by atoms with E-state index in [9.17, 15) is 9.59 Å². The van der Waals surface area contributed by atoms with Gasteiger partial charge in [0.05, 0.1) is 0 Å². The van der Waals surface area contributed by atoms with Crippen molar-refractivity contribution in [1.29, 1.82) is 0 Å². The fourth-order valence-electron chi connectivity index (χ4n) is 4.19. The van der Waals surface area contributed by atoms with Crippen LogP contribution in [0.15, 0.2) is 11.0 Å². The maximum absolute atomic E-state index is 12.1. The van der Waals surface area contributed by atoms with Gasteiger partial charge in [-0.1, -0.05) is 0 Å². The van der Waals surface area contributed by atoms with Crippen LogP contribution in [0.3, 0.4) is 0 Å². The van der Waals surface area contributed by atoms with Gasteiger partial charge in [0, 0.05) is 55.6 Å². The molecule has 1 amide bonds. The van der Waals surface area contributed by atoms with Crippen LogP contribution in [0.5, 0.6) is 0 Å². The number of hydrogen-bond donors (Lipinski definition) is 1. The SMILES string of the molecule is Cc1c[nH]c(CN(C)[C@@H]2C[C@@H]3CC(=O)N(C)C[C@@H]3C2)c(C)c1=O. The number of aromatic amines is 1. The van der Waals surface area contributed by atoms with Crippen molar-refractivity contribution in [2.45, 2.75) is 45.7 Å². The molecule has 2 fully saturated rings. The summed E-state index contributed by atoms with van der Waals surface area (Å²) in [5.74, 6) is 1.45. The second-order valence-electron chi connectivity index (χ2n) is 7.44. The van der Waals surface area contributed by atoms with Gasteiger partial charge in [-0.05, 0) is 45.6 Å². The molecule has 1 saturated carbocycles. The molecule has 1 aliphatic heterocycles. The average molecular weight is 317 g/mol. The van der Waals surface area contributed by atoms with Crippen molar-refractivity contribution >= 4 is 5.91 Å². The van der Waals surface area contributed by atoms with Crippen molar-refractivity contribution in [3.8, 4) is 0 Å². The van der Waals surface area contributed by atoms with E-state index in [-0.39, 0.29) is 11.3 Å². The Hall–Kier alpha value is -1.62. The molecule has 0 spiro atoms. The second kappa shape index (κ2) is 6.11. The summed E-state index contributed by atoms with van der Waals surface area (Å²) in [5, 5.41) is 0. The van der Waals surface area contributed by atoms with Crippen molar-refractivity contribution < 1.29 is 4.79 Å². The molecule has 126 valence electrons. The highest BCUT2D eigenvalue weighted by molar-refractivity contribution is 5.77. The third-order valence-corrected chi connectivity index (χ3v) is 5.83. The molecule has 0 radical (unpaired) electrons. The first-order valence-corrected chi connectivity index (χ1v) is 8.48. The van der Waals surface area contributed by atoms with E-state index in [2.05, 4.69) is 16.9 Å². The molecule has 1 N–H and O–H groups in total. The molecule has 0 aromatic carbocycles. The molecule has 1 aromatic heterocycles. The van der Waals surface area contributed by atoms with E-state index in [1.54, 1.807) is 6.20 Å². The number of aryl methyl sites for hydroxylation is 1. The van der Waals surface area contributed by atoms with Crippen molar-refractivity contribution in [2.75, 3.05) is 20.6 Å². The van der Waals surface area contributed by atoms with Crippen LogP contribution in [-0.4, -0.2) is 47.4 Å². The Morgan fingerprint density at radius 3 is 2.70 bits per heavy atom. The summed E-state index contributed by atoms with van der Waals surface area (Å²) in [6.07, 6.45) is 4.75. The normalized spacial score (nSPS) is 27.6. The monoisotopic (exact) mass is 317 g/mol. The lowest BCUT2D eigenvalue weighted by molar-refractivity contribution is -0.134. The van der Waals surface area contributed by atoms with E-state index in [0.717, 1.165) is 42.8 Å². The minimum absolute atomic E-state index is 0.138. The molecule has 0 bridgehead atoms. The zero-order valence-electron chi connectivity index (χ0n) is 14.6. The van der Waals surface area contributed by atoms with Crippen molar-refractivity contribution in [2.24, 2.45) is 11.8 Å². The summed E-state index contributed by atoms with van der Waals surface area (Å²) in [6, 6.07) is 0.494. The number of carbonyl (C=O) groups excluding carboxylic acids is 1.